The van der Waals surface area contributed by atoms with Gasteiger partial charge in [-0.2, -0.15) is 13.8 Å². The molecule has 3 aromatic rings. The zero-order valence-corrected chi connectivity index (χ0v) is 34.4. The second kappa shape index (κ2) is 17.3. The van der Waals surface area contributed by atoms with Crippen molar-refractivity contribution in [2.24, 2.45) is 0 Å². The van der Waals surface area contributed by atoms with Crippen LogP contribution in [0.3, 0.4) is 0 Å². The third kappa shape index (κ3) is 8.42. The fourth-order valence-electron chi connectivity index (χ4n) is 7.95. The number of likely N-dealkylation sites (tertiary alicyclic amines) is 1. The van der Waals surface area contributed by atoms with E-state index in [1.165, 1.54) is 37.4 Å². The Morgan fingerprint density at radius 3 is 2.47 bits per heavy atom. The standard InChI is InChI=1S/C41H45F3N10O8/c1-21(2)53-20-41(43,44)39(61)51(3)29-19-46-40(50-34(29)53)48-27-18-25(42)24(17-30(27)62-4)35(57)47-22-12-15-52(16-13-22)32(56)9-6-14-45-26-8-5-7-23-33(26)38(60)54(37(23)59)28-10-11-31(55)49-36(28)58/h5,7-8,17-19,21-22,28,45H,6,9-16,20H2,1-4H3,(H,47,57)(H,46,48,50)(H,49,55,58). The number of methoxy groups -OCH3 is 1. The van der Waals surface area contributed by atoms with Gasteiger partial charge in [-0.25, -0.2) is 9.37 Å². The number of nitrogens with zero attached hydrogens (tertiary/aromatic N) is 6. The van der Waals surface area contributed by atoms with Crippen LogP contribution in [-0.2, 0) is 19.2 Å². The van der Waals surface area contributed by atoms with Gasteiger partial charge in [-0.15, -0.1) is 0 Å². The molecule has 0 spiro atoms. The van der Waals surface area contributed by atoms with Gasteiger partial charge in [-0.05, 0) is 57.7 Å². The summed E-state index contributed by atoms with van der Waals surface area (Å²) in [6.07, 6.45) is 2.68. The van der Waals surface area contributed by atoms with Gasteiger partial charge in [-0.1, -0.05) is 6.07 Å². The van der Waals surface area contributed by atoms with E-state index in [0.29, 0.717) is 44.6 Å². The monoisotopic (exact) mass is 862 g/mol. The molecule has 0 saturated carbocycles. The minimum Gasteiger partial charge on any atom is -0.495 e. The number of fused-ring (bicyclic) bond motifs is 2. The highest BCUT2D eigenvalue weighted by Crippen LogP contribution is 2.38. The van der Waals surface area contributed by atoms with Crippen molar-refractivity contribution in [3.63, 3.8) is 0 Å². The number of carbonyl (C=O) groups is 7. The lowest BCUT2D eigenvalue weighted by Crippen LogP contribution is -2.54. The lowest BCUT2D eigenvalue weighted by molar-refractivity contribution is -0.140. The second-order valence-corrected chi connectivity index (χ2v) is 15.7. The average molecular weight is 863 g/mol. The smallest absolute Gasteiger partial charge is 0.342 e. The van der Waals surface area contributed by atoms with Crippen LogP contribution in [0.15, 0.2) is 36.5 Å². The molecular formula is C41H45F3N10O8. The van der Waals surface area contributed by atoms with Gasteiger partial charge < -0.3 is 35.4 Å². The quantitative estimate of drug-likeness (QED) is 0.152. The summed E-state index contributed by atoms with van der Waals surface area (Å²) in [6.45, 7) is 3.45. The number of ether oxygens (including phenoxy) is 1. The number of piperidine rings is 2. The third-order valence-corrected chi connectivity index (χ3v) is 11.3. The number of hydrogen-bond acceptors (Lipinski definition) is 13. The van der Waals surface area contributed by atoms with Gasteiger partial charge in [0.05, 0.1) is 42.2 Å². The van der Waals surface area contributed by atoms with Crippen molar-refractivity contribution in [1.29, 1.82) is 0 Å². The summed E-state index contributed by atoms with van der Waals surface area (Å²) in [5.74, 6) is -9.16. The van der Waals surface area contributed by atoms with Crippen molar-refractivity contribution >= 4 is 70.2 Å². The summed E-state index contributed by atoms with van der Waals surface area (Å²) >= 11 is 0. The SMILES string of the molecule is COc1cc(C(=O)NC2CCN(C(=O)CCCNc3cccc4c3C(=O)N(C3CCC(=O)NC3=O)C4=O)CC2)c(F)cc1Nc1ncc2c(n1)N(C(C)C)CC(F)(F)C(=O)N2C. The van der Waals surface area contributed by atoms with Gasteiger partial charge in [0.1, 0.15) is 23.3 Å². The Hall–Kier alpha value is -6.80. The molecule has 2 fully saturated rings. The first-order valence-corrected chi connectivity index (χ1v) is 20.1. The maximum absolute atomic E-state index is 15.5. The van der Waals surface area contributed by atoms with E-state index in [1.807, 2.05) is 0 Å². The summed E-state index contributed by atoms with van der Waals surface area (Å²) in [5.41, 5.74) is 0.482. The van der Waals surface area contributed by atoms with Crippen molar-refractivity contribution in [2.75, 3.05) is 60.8 Å². The Morgan fingerprint density at radius 1 is 1.03 bits per heavy atom. The number of hydrogen-bond donors (Lipinski definition) is 4. The maximum Gasteiger partial charge on any atom is 0.342 e. The fourth-order valence-corrected chi connectivity index (χ4v) is 7.95. The number of anilines is 5. The van der Waals surface area contributed by atoms with Crippen LogP contribution in [-0.4, -0.2) is 126 Å². The van der Waals surface area contributed by atoms with E-state index in [9.17, 15) is 42.3 Å². The molecule has 4 aliphatic heterocycles. The Bertz CT molecular complexity index is 2360. The summed E-state index contributed by atoms with van der Waals surface area (Å²) in [7, 11) is 2.53. The number of amides is 7. The number of carbonyl (C=O) groups excluding carboxylic acids is 7. The molecule has 4 aliphatic rings. The van der Waals surface area contributed by atoms with E-state index >= 15 is 4.39 Å². The predicted octanol–water partition coefficient (Wildman–Crippen LogP) is 3.21. The first-order chi connectivity index (χ1) is 29.5. The van der Waals surface area contributed by atoms with Crippen LogP contribution >= 0.6 is 0 Å². The molecule has 0 bridgehead atoms. The molecular weight excluding hydrogens is 818 g/mol. The second-order valence-electron chi connectivity index (χ2n) is 15.7. The van der Waals surface area contributed by atoms with Crippen LogP contribution in [0.1, 0.15) is 83.4 Å². The molecule has 7 amide bonds. The minimum absolute atomic E-state index is 0.00939. The molecule has 2 saturated heterocycles. The lowest BCUT2D eigenvalue weighted by atomic mass is 10.0. The molecule has 0 radical (unpaired) electrons. The largest absolute Gasteiger partial charge is 0.495 e. The van der Waals surface area contributed by atoms with E-state index < -0.39 is 65.8 Å². The fraction of sp³-hybridized carbons (Fsp3) is 0.439. The van der Waals surface area contributed by atoms with Crippen LogP contribution < -0.4 is 35.8 Å². The van der Waals surface area contributed by atoms with E-state index in [0.717, 1.165) is 15.9 Å². The first-order valence-electron chi connectivity index (χ1n) is 20.1. The maximum atomic E-state index is 15.5. The van der Waals surface area contributed by atoms with Crippen LogP contribution in [0.4, 0.5) is 42.0 Å². The molecule has 62 heavy (non-hydrogen) atoms. The number of nitrogens with one attached hydrogen (secondary N) is 4. The van der Waals surface area contributed by atoms with Crippen LogP contribution in [0, 0.1) is 5.82 Å². The molecule has 7 rings (SSSR count). The number of rotatable bonds is 12. The van der Waals surface area contributed by atoms with E-state index in [-0.39, 0.29) is 76.8 Å². The summed E-state index contributed by atoms with van der Waals surface area (Å²) in [5, 5.41) is 11.0. The molecule has 1 unspecified atom stereocenters. The molecule has 18 nitrogen and oxygen atoms in total. The Morgan fingerprint density at radius 2 is 1.77 bits per heavy atom. The van der Waals surface area contributed by atoms with Crippen LogP contribution in [0.5, 0.6) is 5.75 Å². The van der Waals surface area contributed by atoms with E-state index in [1.54, 1.807) is 30.9 Å². The molecule has 1 aromatic heterocycles. The van der Waals surface area contributed by atoms with Crippen molar-refractivity contribution in [3.05, 3.63) is 59.0 Å². The molecule has 328 valence electrons. The van der Waals surface area contributed by atoms with E-state index in [2.05, 4.69) is 31.2 Å². The predicted molar refractivity (Wildman–Crippen MR) is 217 cm³/mol. The number of alkyl halides is 2. The number of halogens is 3. The zero-order chi connectivity index (χ0) is 44.6. The van der Waals surface area contributed by atoms with Crippen LogP contribution in [0.25, 0.3) is 0 Å². The summed E-state index contributed by atoms with van der Waals surface area (Å²) < 4.78 is 50.5. The van der Waals surface area contributed by atoms with Gasteiger partial charge in [0, 0.05) is 63.4 Å². The number of benzene rings is 2. The van der Waals surface area contributed by atoms with E-state index in [4.69, 9.17) is 4.74 Å². The molecule has 21 heteroatoms. The highest BCUT2D eigenvalue weighted by Gasteiger charge is 2.48. The first kappa shape index (κ1) is 43.3. The topological polar surface area (TPSA) is 216 Å². The van der Waals surface area contributed by atoms with Gasteiger partial charge in [0.25, 0.3) is 23.6 Å². The normalized spacial score (nSPS) is 19.0. The molecule has 0 aliphatic carbocycles. The Labute approximate surface area is 353 Å². The molecule has 1 atom stereocenters. The van der Waals surface area contributed by atoms with Gasteiger partial charge in [0.15, 0.2) is 5.82 Å². The molecule has 4 N–H and O–H groups in total. The average Bonchev–Trinajstić information content (AvgIpc) is 3.45. The highest BCUT2D eigenvalue weighted by atomic mass is 19.3. The highest BCUT2D eigenvalue weighted by molar-refractivity contribution is 6.25. The minimum atomic E-state index is -3.68. The lowest BCUT2D eigenvalue weighted by Gasteiger charge is -2.32. The zero-order valence-electron chi connectivity index (χ0n) is 34.4. The number of imide groups is 2. The van der Waals surface area contributed by atoms with Crippen LogP contribution in [0.2, 0.25) is 0 Å². The van der Waals surface area contributed by atoms with Crippen molar-refractivity contribution < 1.29 is 51.5 Å². The van der Waals surface area contributed by atoms with Gasteiger partial charge >= 0.3 is 5.92 Å². The van der Waals surface area contributed by atoms with Gasteiger partial charge in [-0.3, -0.25) is 43.8 Å². The van der Waals surface area contributed by atoms with Crippen molar-refractivity contribution in [3.8, 4) is 5.75 Å². The van der Waals surface area contributed by atoms with Crippen molar-refractivity contribution in [1.82, 2.24) is 30.4 Å². The number of aromatic nitrogens is 2. The summed E-state index contributed by atoms with van der Waals surface area (Å²) in [4.78, 5) is 103. The Kier molecular flexibility index (Phi) is 12.1. The third-order valence-electron chi connectivity index (χ3n) is 11.3. The van der Waals surface area contributed by atoms with Gasteiger partial charge in [0.2, 0.25) is 23.7 Å². The van der Waals surface area contributed by atoms with Crippen molar-refractivity contribution in [2.45, 2.75) is 76.4 Å². The Balaban J connectivity index is 0.905. The molecule has 2 aromatic carbocycles. The summed E-state index contributed by atoms with van der Waals surface area (Å²) in [6, 6.07) is 5.08. The molecule has 5 heterocycles.